The molecule has 4 atom stereocenters. The summed E-state index contributed by atoms with van der Waals surface area (Å²) >= 11 is 0. The normalized spacial score (nSPS) is 45.2. The van der Waals surface area contributed by atoms with Crippen molar-refractivity contribution in [2.75, 3.05) is 6.54 Å². The second-order valence-electron chi connectivity index (χ2n) is 7.89. The zero-order valence-electron chi connectivity index (χ0n) is 12.1. The van der Waals surface area contributed by atoms with Gasteiger partial charge in [-0.25, -0.2) is 0 Å². The maximum absolute atomic E-state index is 3.93. The molecule has 98 valence electrons. The molecule has 0 amide bonds. The molecule has 0 spiro atoms. The van der Waals surface area contributed by atoms with E-state index in [1.54, 1.807) is 0 Å². The molecule has 1 heteroatoms. The van der Waals surface area contributed by atoms with Crippen LogP contribution in [-0.2, 0) is 0 Å². The molecule has 1 N–H and O–H groups in total. The van der Waals surface area contributed by atoms with Crippen LogP contribution in [0.25, 0.3) is 0 Å². The lowest BCUT2D eigenvalue weighted by Gasteiger charge is -2.40. The zero-order valence-corrected chi connectivity index (χ0v) is 12.1. The largest absolute Gasteiger partial charge is 0.313 e. The molecule has 4 unspecified atom stereocenters. The van der Waals surface area contributed by atoms with Crippen molar-refractivity contribution in [3.63, 3.8) is 0 Å². The first kappa shape index (κ1) is 12.0. The third-order valence-corrected chi connectivity index (χ3v) is 6.91. The first-order valence-electron chi connectivity index (χ1n) is 7.68. The van der Waals surface area contributed by atoms with Gasteiger partial charge >= 0.3 is 0 Å². The fourth-order valence-electron chi connectivity index (χ4n) is 4.67. The first-order valence-corrected chi connectivity index (χ1v) is 7.68. The minimum atomic E-state index is 0.556. The van der Waals surface area contributed by atoms with Gasteiger partial charge in [-0.2, -0.15) is 0 Å². The zero-order chi connectivity index (χ0) is 12.3. The van der Waals surface area contributed by atoms with Crippen LogP contribution in [0.1, 0.15) is 59.8 Å². The van der Waals surface area contributed by atoms with Crippen LogP contribution in [-0.4, -0.2) is 12.6 Å². The Morgan fingerprint density at radius 2 is 1.88 bits per heavy atom. The van der Waals surface area contributed by atoms with Crippen molar-refractivity contribution in [1.82, 2.24) is 5.32 Å². The van der Waals surface area contributed by atoms with E-state index in [1.807, 2.05) is 0 Å². The van der Waals surface area contributed by atoms with Gasteiger partial charge in [0.25, 0.3) is 0 Å². The van der Waals surface area contributed by atoms with Gasteiger partial charge < -0.3 is 5.32 Å². The fraction of sp³-hybridized carbons (Fsp3) is 1.00. The Balaban J connectivity index is 1.62. The molecule has 0 radical (unpaired) electrons. The van der Waals surface area contributed by atoms with Crippen molar-refractivity contribution in [3.05, 3.63) is 0 Å². The molecule has 3 aliphatic carbocycles. The molecular weight excluding hydrogens is 206 g/mol. The standard InChI is InChI=1S/C16H29N/c1-11(12-5-6-12)10-17-14-9-13-7-8-16(14,4)15(13,2)3/h11-14,17H,5-10H2,1-4H3. The van der Waals surface area contributed by atoms with Crippen LogP contribution in [0.4, 0.5) is 0 Å². The van der Waals surface area contributed by atoms with Crippen LogP contribution in [0.15, 0.2) is 0 Å². The highest BCUT2D eigenvalue weighted by molar-refractivity contribution is 5.13. The summed E-state index contributed by atoms with van der Waals surface area (Å²) in [5, 5.41) is 3.93. The fourth-order valence-corrected chi connectivity index (χ4v) is 4.67. The first-order chi connectivity index (χ1) is 7.95. The topological polar surface area (TPSA) is 12.0 Å². The van der Waals surface area contributed by atoms with E-state index in [0.29, 0.717) is 10.8 Å². The van der Waals surface area contributed by atoms with E-state index in [-0.39, 0.29) is 0 Å². The van der Waals surface area contributed by atoms with Crippen LogP contribution in [0.2, 0.25) is 0 Å². The van der Waals surface area contributed by atoms with E-state index in [2.05, 4.69) is 33.0 Å². The Morgan fingerprint density at radius 3 is 2.35 bits per heavy atom. The lowest BCUT2D eigenvalue weighted by Crippen LogP contribution is -2.45. The highest BCUT2D eigenvalue weighted by Gasteiger charge is 2.61. The van der Waals surface area contributed by atoms with Crippen molar-refractivity contribution in [2.24, 2.45) is 28.6 Å². The molecule has 0 aromatic heterocycles. The summed E-state index contributed by atoms with van der Waals surface area (Å²) in [6.45, 7) is 11.3. The molecule has 3 fully saturated rings. The SMILES string of the molecule is CC(CNC1CC2CCC1(C)C2(C)C)C1CC1. The van der Waals surface area contributed by atoms with E-state index in [0.717, 1.165) is 23.8 Å². The van der Waals surface area contributed by atoms with Crippen LogP contribution in [0, 0.1) is 28.6 Å². The van der Waals surface area contributed by atoms with Gasteiger partial charge in [-0.3, -0.25) is 0 Å². The predicted octanol–water partition coefficient (Wildman–Crippen LogP) is 3.84. The Labute approximate surface area is 107 Å². The van der Waals surface area contributed by atoms with Crippen molar-refractivity contribution < 1.29 is 0 Å². The lowest BCUT2D eigenvalue weighted by molar-refractivity contribution is 0.119. The van der Waals surface area contributed by atoms with Crippen LogP contribution in [0.5, 0.6) is 0 Å². The highest BCUT2D eigenvalue weighted by atomic mass is 15.0. The molecule has 3 rings (SSSR count). The van der Waals surface area contributed by atoms with Crippen molar-refractivity contribution in [1.29, 1.82) is 0 Å². The smallest absolute Gasteiger partial charge is 0.0129 e. The Kier molecular flexibility index (Phi) is 2.63. The lowest BCUT2D eigenvalue weighted by atomic mass is 9.69. The summed E-state index contributed by atoms with van der Waals surface area (Å²) in [4.78, 5) is 0. The molecule has 0 aromatic carbocycles. The van der Waals surface area contributed by atoms with E-state index in [4.69, 9.17) is 0 Å². The number of nitrogens with one attached hydrogen (secondary N) is 1. The molecule has 0 heterocycles. The molecule has 0 saturated heterocycles. The quantitative estimate of drug-likeness (QED) is 0.781. The molecule has 17 heavy (non-hydrogen) atoms. The van der Waals surface area contributed by atoms with Gasteiger partial charge in [-0.15, -0.1) is 0 Å². The molecule has 2 bridgehead atoms. The minimum Gasteiger partial charge on any atom is -0.313 e. The van der Waals surface area contributed by atoms with Crippen molar-refractivity contribution in [3.8, 4) is 0 Å². The molecule has 1 nitrogen and oxygen atoms in total. The van der Waals surface area contributed by atoms with Gasteiger partial charge in [-0.1, -0.05) is 27.7 Å². The summed E-state index contributed by atoms with van der Waals surface area (Å²) in [7, 11) is 0. The average Bonchev–Trinajstić information content (AvgIpc) is 3.05. The Hall–Kier alpha value is -0.0400. The number of hydrogen-bond donors (Lipinski definition) is 1. The van der Waals surface area contributed by atoms with E-state index in [9.17, 15) is 0 Å². The van der Waals surface area contributed by atoms with Gasteiger partial charge in [0, 0.05) is 6.04 Å². The Morgan fingerprint density at radius 1 is 1.18 bits per heavy atom. The summed E-state index contributed by atoms with van der Waals surface area (Å²) in [5.74, 6) is 2.92. The summed E-state index contributed by atoms with van der Waals surface area (Å²) < 4.78 is 0. The third kappa shape index (κ3) is 1.69. The molecule has 0 aliphatic heterocycles. The number of rotatable bonds is 4. The van der Waals surface area contributed by atoms with E-state index in [1.165, 1.54) is 38.6 Å². The molecule has 3 saturated carbocycles. The summed E-state index contributed by atoms with van der Waals surface area (Å²) in [5.41, 5.74) is 1.12. The minimum absolute atomic E-state index is 0.556. The van der Waals surface area contributed by atoms with Gasteiger partial charge in [-0.05, 0) is 67.2 Å². The van der Waals surface area contributed by atoms with E-state index >= 15 is 0 Å². The Bertz CT molecular complexity index is 305. The van der Waals surface area contributed by atoms with Crippen molar-refractivity contribution in [2.45, 2.75) is 65.8 Å². The van der Waals surface area contributed by atoms with Crippen LogP contribution >= 0.6 is 0 Å². The maximum atomic E-state index is 3.93. The molecule has 3 aliphatic rings. The predicted molar refractivity (Wildman–Crippen MR) is 72.9 cm³/mol. The number of hydrogen-bond acceptors (Lipinski definition) is 1. The highest BCUT2D eigenvalue weighted by Crippen LogP contribution is 2.65. The second-order valence-corrected chi connectivity index (χ2v) is 7.89. The van der Waals surface area contributed by atoms with Gasteiger partial charge in [0.1, 0.15) is 0 Å². The maximum Gasteiger partial charge on any atom is 0.0129 e. The van der Waals surface area contributed by atoms with Crippen LogP contribution in [0.3, 0.4) is 0 Å². The van der Waals surface area contributed by atoms with Gasteiger partial charge in [0.15, 0.2) is 0 Å². The van der Waals surface area contributed by atoms with Gasteiger partial charge in [0.05, 0.1) is 0 Å². The van der Waals surface area contributed by atoms with Gasteiger partial charge in [0.2, 0.25) is 0 Å². The van der Waals surface area contributed by atoms with E-state index < -0.39 is 0 Å². The molecular formula is C16H29N. The van der Waals surface area contributed by atoms with Crippen LogP contribution < -0.4 is 5.32 Å². The monoisotopic (exact) mass is 235 g/mol. The summed E-state index contributed by atoms with van der Waals surface area (Å²) in [6.07, 6.45) is 7.32. The van der Waals surface area contributed by atoms with Crippen molar-refractivity contribution >= 4 is 0 Å². The average molecular weight is 235 g/mol. The second kappa shape index (κ2) is 3.73. The molecule has 0 aromatic rings. The number of fused-ring (bicyclic) bond motifs is 2. The summed E-state index contributed by atoms with van der Waals surface area (Å²) in [6, 6.07) is 0.789. The third-order valence-electron chi connectivity index (χ3n) is 6.91.